The molecule has 2 atom stereocenters. The molecular formula is C16H25NO. The zero-order chi connectivity index (χ0) is 13.0. The first-order chi connectivity index (χ1) is 8.69. The van der Waals surface area contributed by atoms with Gasteiger partial charge < -0.3 is 10.4 Å². The Bertz CT molecular complexity index is 358. The molecule has 1 aliphatic rings. The third-order valence-electron chi connectivity index (χ3n) is 4.16. The highest BCUT2D eigenvalue weighted by Crippen LogP contribution is 2.31. The van der Waals surface area contributed by atoms with Gasteiger partial charge >= 0.3 is 0 Å². The Morgan fingerprint density at radius 3 is 2.56 bits per heavy atom. The topological polar surface area (TPSA) is 32.3 Å². The molecule has 2 N–H and O–H groups in total. The van der Waals surface area contributed by atoms with Gasteiger partial charge in [0.15, 0.2) is 0 Å². The van der Waals surface area contributed by atoms with E-state index in [0.29, 0.717) is 6.04 Å². The second-order valence-electron chi connectivity index (χ2n) is 5.87. The summed E-state index contributed by atoms with van der Waals surface area (Å²) in [5.41, 5.74) is 2.16. The Labute approximate surface area is 110 Å². The van der Waals surface area contributed by atoms with Gasteiger partial charge in [0.25, 0.3) is 0 Å². The van der Waals surface area contributed by atoms with Crippen LogP contribution in [0.3, 0.4) is 0 Å². The smallest absolute Gasteiger partial charge is 0.0681 e. The lowest BCUT2D eigenvalue weighted by atomic mass is 9.79. The van der Waals surface area contributed by atoms with Gasteiger partial charge in [-0.05, 0) is 42.4 Å². The van der Waals surface area contributed by atoms with Gasteiger partial charge in [-0.1, -0.05) is 38.8 Å². The maximum absolute atomic E-state index is 9.03. The van der Waals surface area contributed by atoms with Gasteiger partial charge in [0.1, 0.15) is 0 Å². The van der Waals surface area contributed by atoms with Gasteiger partial charge in [-0.25, -0.2) is 0 Å². The number of nitrogens with one attached hydrogen (secondary N) is 1. The standard InChI is InChI=1S/C16H25NO/c1-12(2)14-4-3-5-16(10-14)17-15-8-6-13(11-18)7-9-15/h6-9,12,14,16-18H,3-5,10-11H2,1-2H3. The quantitative estimate of drug-likeness (QED) is 0.848. The van der Waals surface area contributed by atoms with E-state index in [1.54, 1.807) is 0 Å². The third kappa shape index (κ3) is 3.49. The highest BCUT2D eigenvalue weighted by molar-refractivity contribution is 5.45. The molecule has 1 aromatic carbocycles. The van der Waals surface area contributed by atoms with E-state index in [0.717, 1.165) is 17.4 Å². The summed E-state index contributed by atoms with van der Waals surface area (Å²) in [4.78, 5) is 0. The molecule has 2 nitrogen and oxygen atoms in total. The summed E-state index contributed by atoms with van der Waals surface area (Å²) in [7, 11) is 0. The number of rotatable bonds is 4. The fraction of sp³-hybridized carbons (Fsp3) is 0.625. The summed E-state index contributed by atoms with van der Waals surface area (Å²) in [6.45, 7) is 4.80. The normalized spacial score (nSPS) is 24.2. The average Bonchev–Trinajstić information content (AvgIpc) is 2.40. The van der Waals surface area contributed by atoms with Crippen LogP contribution in [0.25, 0.3) is 0 Å². The molecule has 0 spiro atoms. The number of benzene rings is 1. The van der Waals surface area contributed by atoms with E-state index in [2.05, 4.69) is 31.3 Å². The first kappa shape index (κ1) is 13.4. The third-order valence-corrected chi connectivity index (χ3v) is 4.16. The lowest BCUT2D eigenvalue weighted by molar-refractivity contribution is 0.264. The number of hydrogen-bond acceptors (Lipinski definition) is 2. The van der Waals surface area contributed by atoms with E-state index in [4.69, 9.17) is 5.11 Å². The van der Waals surface area contributed by atoms with Crippen molar-refractivity contribution < 1.29 is 5.11 Å². The van der Waals surface area contributed by atoms with E-state index in [9.17, 15) is 0 Å². The molecule has 0 heterocycles. The number of anilines is 1. The molecule has 2 unspecified atom stereocenters. The van der Waals surface area contributed by atoms with Crippen LogP contribution in [0.2, 0.25) is 0 Å². The molecule has 0 radical (unpaired) electrons. The second-order valence-corrected chi connectivity index (χ2v) is 5.87. The van der Waals surface area contributed by atoms with E-state index < -0.39 is 0 Å². The summed E-state index contributed by atoms with van der Waals surface area (Å²) >= 11 is 0. The predicted molar refractivity (Wildman–Crippen MR) is 76.6 cm³/mol. The van der Waals surface area contributed by atoms with Crippen LogP contribution in [0.4, 0.5) is 5.69 Å². The molecule has 0 amide bonds. The second kappa shape index (κ2) is 6.24. The van der Waals surface area contributed by atoms with E-state index >= 15 is 0 Å². The molecule has 0 aromatic heterocycles. The minimum atomic E-state index is 0.124. The van der Waals surface area contributed by atoms with Crippen molar-refractivity contribution in [3.05, 3.63) is 29.8 Å². The van der Waals surface area contributed by atoms with Gasteiger partial charge in [-0.2, -0.15) is 0 Å². The Kier molecular flexibility index (Phi) is 4.65. The minimum Gasteiger partial charge on any atom is -0.392 e. The maximum Gasteiger partial charge on any atom is 0.0681 e. The van der Waals surface area contributed by atoms with Crippen LogP contribution in [0.1, 0.15) is 45.1 Å². The summed E-state index contributed by atoms with van der Waals surface area (Å²) in [6.07, 6.45) is 5.30. The SMILES string of the molecule is CC(C)C1CCCC(Nc2ccc(CO)cc2)C1. The van der Waals surface area contributed by atoms with Crippen LogP contribution >= 0.6 is 0 Å². The molecule has 0 bridgehead atoms. The van der Waals surface area contributed by atoms with Gasteiger partial charge in [-0.3, -0.25) is 0 Å². The lowest BCUT2D eigenvalue weighted by Gasteiger charge is -2.32. The molecule has 0 aliphatic heterocycles. The molecule has 2 heteroatoms. The Balaban J connectivity index is 1.91. The summed E-state index contributed by atoms with van der Waals surface area (Å²) in [6, 6.07) is 8.75. The summed E-state index contributed by atoms with van der Waals surface area (Å²) in [5, 5.41) is 12.7. The largest absolute Gasteiger partial charge is 0.392 e. The van der Waals surface area contributed by atoms with Crippen molar-refractivity contribution in [1.29, 1.82) is 0 Å². The van der Waals surface area contributed by atoms with Crippen LogP contribution < -0.4 is 5.32 Å². The van der Waals surface area contributed by atoms with E-state index in [1.165, 1.54) is 31.4 Å². The molecule has 2 rings (SSSR count). The first-order valence-electron chi connectivity index (χ1n) is 7.15. The monoisotopic (exact) mass is 247 g/mol. The molecule has 0 saturated heterocycles. The Hall–Kier alpha value is -1.02. The highest BCUT2D eigenvalue weighted by Gasteiger charge is 2.23. The van der Waals surface area contributed by atoms with Crippen LogP contribution in [0.5, 0.6) is 0 Å². The first-order valence-corrected chi connectivity index (χ1v) is 7.15. The molecule has 1 saturated carbocycles. The fourth-order valence-electron chi connectivity index (χ4n) is 2.91. The summed E-state index contributed by atoms with van der Waals surface area (Å²) < 4.78 is 0. The Morgan fingerprint density at radius 2 is 1.94 bits per heavy atom. The van der Waals surface area contributed by atoms with Crippen LogP contribution in [-0.4, -0.2) is 11.1 Å². The van der Waals surface area contributed by atoms with Crippen molar-refractivity contribution >= 4 is 5.69 Å². The highest BCUT2D eigenvalue weighted by atomic mass is 16.3. The average molecular weight is 247 g/mol. The van der Waals surface area contributed by atoms with Crippen LogP contribution in [0, 0.1) is 11.8 Å². The van der Waals surface area contributed by atoms with Crippen LogP contribution in [-0.2, 0) is 6.61 Å². The molecular weight excluding hydrogens is 222 g/mol. The number of aliphatic hydroxyl groups excluding tert-OH is 1. The van der Waals surface area contributed by atoms with Crippen molar-refractivity contribution in [2.24, 2.45) is 11.8 Å². The van der Waals surface area contributed by atoms with Crippen molar-refractivity contribution in [1.82, 2.24) is 0 Å². The fourth-order valence-corrected chi connectivity index (χ4v) is 2.91. The van der Waals surface area contributed by atoms with Gasteiger partial charge in [0.05, 0.1) is 6.61 Å². The van der Waals surface area contributed by atoms with Crippen molar-refractivity contribution in [2.75, 3.05) is 5.32 Å². The lowest BCUT2D eigenvalue weighted by Crippen LogP contribution is -2.29. The molecule has 1 aliphatic carbocycles. The number of hydrogen-bond donors (Lipinski definition) is 2. The zero-order valence-electron chi connectivity index (χ0n) is 11.5. The van der Waals surface area contributed by atoms with Gasteiger partial charge in [-0.15, -0.1) is 0 Å². The summed E-state index contributed by atoms with van der Waals surface area (Å²) in [5.74, 6) is 1.67. The predicted octanol–water partition coefficient (Wildman–Crippen LogP) is 3.81. The molecule has 100 valence electrons. The van der Waals surface area contributed by atoms with Gasteiger partial charge in [0.2, 0.25) is 0 Å². The molecule has 1 fully saturated rings. The van der Waals surface area contributed by atoms with Crippen molar-refractivity contribution in [3.63, 3.8) is 0 Å². The van der Waals surface area contributed by atoms with Crippen LogP contribution in [0.15, 0.2) is 24.3 Å². The maximum atomic E-state index is 9.03. The van der Waals surface area contributed by atoms with E-state index in [-0.39, 0.29) is 6.61 Å². The van der Waals surface area contributed by atoms with Crippen molar-refractivity contribution in [3.8, 4) is 0 Å². The van der Waals surface area contributed by atoms with Gasteiger partial charge in [0, 0.05) is 11.7 Å². The molecule has 1 aromatic rings. The van der Waals surface area contributed by atoms with Crippen molar-refractivity contribution in [2.45, 2.75) is 52.2 Å². The van der Waals surface area contributed by atoms with E-state index in [1.807, 2.05) is 12.1 Å². The Morgan fingerprint density at radius 1 is 1.22 bits per heavy atom. The number of aliphatic hydroxyl groups is 1. The minimum absolute atomic E-state index is 0.124. The molecule has 18 heavy (non-hydrogen) atoms. The zero-order valence-corrected chi connectivity index (χ0v) is 11.5.